The van der Waals surface area contributed by atoms with Gasteiger partial charge < -0.3 is 0 Å². The molecule has 1 N–H and O–H groups in total. The van der Waals surface area contributed by atoms with Gasteiger partial charge in [-0.2, -0.15) is 5.11 Å². The molecule has 0 heterocycles. The second-order valence-corrected chi connectivity index (χ2v) is 2.84. The maximum Gasteiger partial charge on any atom is 0.0624 e. The predicted octanol–water partition coefficient (Wildman–Crippen LogP) is 2.60. The summed E-state index contributed by atoms with van der Waals surface area (Å²) in [5.41, 5.74) is 6.66. The Morgan fingerprint density at radius 3 is 2.44 bits per heavy atom. The van der Waals surface area contributed by atoms with Crippen LogP contribution in [0.5, 0.6) is 0 Å². The lowest BCUT2D eigenvalue weighted by Crippen LogP contribution is -2.08. The molecule has 1 rings (SSSR count). The van der Waals surface area contributed by atoms with E-state index in [9.17, 15) is 0 Å². The Morgan fingerprint density at radius 2 is 1.89 bits per heavy atom. The summed E-state index contributed by atoms with van der Waals surface area (Å²) in [5.74, 6) is 0.747. The van der Waals surface area contributed by atoms with E-state index in [0.29, 0.717) is 0 Å². The highest BCUT2D eigenvalue weighted by molar-refractivity contribution is 4.66. The summed E-state index contributed by atoms with van der Waals surface area (Å²) in [5, 5.41) is 3.41. The van der Waals surface area contributed by atoms with Crippen LogP contribution in [-0.4, -0.2) is 6.54 Å². The summed E-state index contributed by atoms with van der Waals surface area (Å²) in [6.07, 6.45) is 6.74. The molecule has 0 unspecified atom stereocenters. The molecule has 0 aromatic heterocycles. The minimum absolute atomic E-state index is 0.747. The topological polar surface area (TPSA) is 36.2 Å². The van der Waals surface area contributed by atoms with Gasteiger partial charge in [-0.05, 0) is 18.8 Å². The average molecular weight is 126 g/mol. The third-order valence-corrected chi connectivity index (χ3v) is 2.07. The maximum absolute atomic E-state index is 6.66. The van der Waals surface area contributed by atoms with Crippen LogP contribution >= 0.6 is 0 Å². The lowest BCUT2D eigenvalue weighted by atomic mass is 9.89. The quantitative estimate of drug-likeness (QED) is 0.552. The lowest BCUT2D eigenvalue weighted by molar-refractivity contribution is 0.361. The highest BCUT2D eigenvalue weighted by atomic mass is 14.9. The van der Waals surface area contributed by atoms with Crippen LogP contribution in [0.15, 0.2) is 5.11 Å². The molecule has 0 atom stereocenters. The van der Waals surface area contributed by atoms with Gasteiger partial charge in [0.1, 0.15) is 0 Å². The van der Waals surface area contributed by atoms with Crippen molar-refractivity contribution < 1.29 is 0 Å². The third kappa shape index (κ3) is 2.12. The monoisotopic (exact) mass is 126 g/mol. The van der Waals surface area contributed by atoms with Gasteiger partial charge in [0.05, 0.1) is 6.54 Å². The standard InChI is InChI=1S/C7H14N2/c8-9-6-7-4-2-1-3-5-7/h7-8H,1-6H2. The molecular formula is C7H14N2. The van der Waals surface area contributed by atoms with E-state index in [0.717, 1.165) is 12.5 Å². The smallest absolute Gasteiger partial charge is 0.0624 e. The van der Waals surface area contributed by atoms with Crippen molar-refractivity contribution in [2.24, 2.45) is 11.0 Å². The molecule has 0 aliphatic heterocycles. The number of nitrogens with zero attached hydrogens (tertiary/aromatic N) is 1. The predicted molar refractivity (Wildman–Crippen MR) is 36.6 cm³/mol. The molecular weight excluding hydrogens is 112 g/mol. The molecule has 2 heteroatoms. The summed E-state index contributed by atoms with van der Waals surface area (Å²) in [4.78, 5) is 0. The van der Waals surface area contributed by atoms with Crippen LogP contribution in [0.25, 0.3) is 0 Å². The highest BCUT2D eigenvalue weighted by Gasteiger charge is 2.11. The molecule has 0 amide bonds. The van der Waals surface area contributed by atoms with Gasteiger partial charge in [0.2, 0.25) is 0 Å². The fourth-order valence-electron chi connectivity index (χ4n) is 1.50. The molecule has 2 nitrogen and oxygen atoms in total. The number of nitrogens with one attached hydrogen (secondary N) is 1. The van der Waals surface area contributed by atoms with Crippen LogP contribution in [0.1, 0.15) is 32.1 Å². The molecule has 52 valence electrons. The fourth-order valence-corrected chi connectivity index (χ4v) is 1.50. The van der Waals surface area contributed by atoms with Crippen molar-refractivity contribution in [3.63, 3.8) is 0 Å². The summed E-state index contributed by atoms with van der Waals surface area (Å²) in [6.45, 7) is 0.778. The second-order valence-electron chi connectivity index (χ2n) is 2.84. The van der Waals surface area contributed by atoms with Crippen LogP contribution in [0, 0.1) is 11.4 Å². The van der Waals surface area contributed by atoms with Gasteiger partial charge >= 0.3 is 0 Å². The third-order valence-electron chi connectivity index (χ3n) is 2.07. The summed E-state index contributed by atoms with van der Waals surface area (Å²) < 4.78 is 0. The number of hydrogen-bond donors (Lipinski definition) is 1. The SMILES string of the molecule is N=NCC1CCCCC1. The van der Waals surface area contributed by atoms with E-state index >= 15 is 0 Å². The largest absolute Gasteiger partial charge is 0.210 e. The molecule has 9 heavy (non-hydrogen) atoms. The van der Waals surface area contributed by atoms with Crippen LogP contribution < -0.4 is 0 Å². The lowest BCUT2D eigenvalue weighted by Gasteiger charge is -2.18. The Hall–Kier alpha value is -0.400. The van der Waals surface area contributed by atoms with Crippen molar-refractivity contribution in [2.75, 3.05) is 6.54 Å². The maximum atomic E-state index is 6.66. The first-order valence-corrected chi connectivity index (χ1v) is 3.76. The van der Waals surface area contributed by atoms with Crippen molar-refractivity contribution in [3.05, 3.63) is 0 Å². The molecule has 0 aromatic carbocycles. The van der Waals surface area contributed by atoms with Crippen LogP contribution in [0.4, 0.5) is 0 Å². The van der Waals surface area contributed by atoms with Gasteiger partial charge in [-0.15, -0.1) is 0 Å². The Labute approximate surface area is 56.2 Å². The van der Waals surface area contributed by atoms with Crippen LogP contribution in [0.3, 0.4) is 0 Å². The van der Waals surface area contributed by atoms with Crippen molar-refractivity contribution in [3.8, 4) is 0 Å². The molecule has 0 aromatic rings. The highest BCUT2D eigenvalue weighted by Crippen LogP contribution is 2.23. The minimum atomic E-state index is 0.747. The molecule has 0 spiro atoms. The van der Waals surface area contributed by atoms with Crippen LogP contribution in [0.2, 0.25) is 0 Å². The first kappa shape index (κ1) is 6.72. The molecule has 0 saturated heterocycles. The number of rotatable bonds is 2. The summed E-state index contributed by atoms with van der Waals surface area (Å²) in [7, 11) is 0. The average Bonchev–Trinajstić information content (AvgIpc) is 1.91. The molecule has 0 radical (unpaired) electrons. The first-order chi connectivity index (χ1) is 4.43. The Bertz CT molecular complexity index is 84.9. The fraction of sp³-hybridized carbons (Fsp3) is 1.00. The van der Waals surface area contributed by atoms with Gasteiger partial charge in [0.15, 0.2) is 0 Å². The van der Waals surface area contributed by atoms with Gasteiger partial charge in [-0.25, -0.2) is 5.53 Å². The summed E-state index contributed by atoms with van der Waals surface area (Å²) in [6, 6.07) is 0. The molecule has 0 bridgehead atoms. The van der Waals surface area contributed by atoms with E-state index in [1.807, 2.05) is 0 Å². The van der Waals surface area contributed by atoms with E-state index in [-0.39, 0.29) is 0 Å². The Balaban J connectivity index is 2.15. The van der Waals surface area contributed by atoms with E-state index in [2.05, 4.69) is 5.11 Å². The zero-order valence-electron chi connectivity index (χ0n) is 5.77. The zero-order chi connectivity index (χ0) is 6.53. The minimum Gasteiger partial charge on any atom is -0.210 e. The van der Waals surface area contributed by atoms with E-state index in [1.165, 1.54) is 32.1 Å². The van der Waals surface area contributed by atoms with E-state index in [4.69, 9.17) is 5.53 Å². The van der Waals surface area contributed by atoms with Gasteiger partial charge in [0, 0.05) is 0 Å². The zero-order valence-corrected chi connectivity index (χ0v) is 5.77. The van der Waals surface area contributed by atoms with Gasteiger partial charge in [0.25, 0.3) is 0 Å². The van der Waals surface area contributed by atoms with Crippen molar-refractivity contribution in [2.45, 2.75) is 32.1 Å². The van der Waals surface area contributed by atoms with Crippen molar-refractivity contribution >= 4 is 0 Å². The first-order valence-electron chi connectivity index (χ1n) is 3.76. The van der Waals surface area contributed by atoms with Crippen molar-refractivity contribution in [1.29, 1.82) is 5.53 Å². The Morgan fingerprint density at radius 1 is 1.22 bits per heavy atom. The van der Waals surface area contributed by atoms with Crippen molar-refractivity contribution in [1.82, 2.24) is 0 Å². The summed E-state index contributed by atoms with van der Waals surface area (Å²) >= 11 is 0. The van der Waals surface area contributed by atoms with Crippen LogP contribution in [-0.2, 0) is 0 Å². The Kier molecular flexibility index (Phi) is 2.68. The molecule has 1 aliphatic carbocycles. The number of hydrogen-bond acceptors (Lipinski definition) is 2. The van der Waals surface area contributed by atoms with E-state index < -0.39 is 0 Å². The molecule has 1 fully saturated rings. The second kappa shape index (κ2) is 3.59. The molecule has 1 aliphatic rings. The van der Waals surface area contributed by atoms with Gasteiger partial charge in [-0.3, -0.25) is 0 Å². The normalized spacial score (nSPS) is 21.8. The molecule has 1 saturated carbocycles. The van der Waals surface area contributed by atoms with Gasteiger partial charge in [-0.1, -0.05) is 19.3 Å². The van der Waals surface area contributed by atoms with E-state index in [1.54, 1.807) is 0 Å².